The molecule has 0 aliphatic rings. The quantitative estimate of drug-likeness (QED) is 0.512. The van der Waals surface area contributed by atoms with Crippen molar-refractivity contribution < 1.29 is 32.6 Å². The minimum Gasteiger partial charge on any atom is -0.452 e. The minimum atomic E-state index is -3.07. The molecule has 0 atom stereocenters. The van der Waals surface area contributed by atoms with Crippen molar-refractivity contribution in [3.63, 3.8) is 0 Å². The molecule has 0 saturated carbocycles. The van der Waals surface area contributed by atoms with Gasteiger partial charge in [0.2, 0.25) is 0 Å². The molecule has 9 heteroatoms. The summed E-state index contributed by atoms with van der Waals surface area (Å²) < 4.78 is 34.4. The number of amides is 2. The largest absolute Gasteiger partial charge is 0.452 e. The second-order valence-electron chi connectivity index (χ2n) is 6.74. The van der Waals surface area contributed by atoms with Crippen LogP contribution < -0.4 is 15.0 Å². The predicted molar refractivity (Wildman–Crippen MR) is 118 cm³/mol. The highest BCUT2D eigenvalue weighted by atomic mass is 19.3. The molecule has 1 N–H and O–H groups in total. The second-order valence-corrected chi connectivity index (χ2v) is 6.74. The van der Waals surface area contributed by atoms with Crippen LogP contribution in [0.3, 0.4) is 0 Å². The van der Waals surface area contributed by atoms with Crippen LogP contribution >= 0.6 is 0 Å². The molecule has 0 aromatic heterocycles. The molecule has 0 unspecified atom stereocenters. The zero-order chi connectivity index (χ0) is 23.8. The predicted octanol–water partition coefficient (Wildman–Crippen LogP) is 4.36. The van der Waals surface area contributed by atoms with Gasteiger partial charge in [0.15, 0.2) is 6.61 Å². The van der Waals surface area contributed by atoms with Gasteiger partial charge >= 0.3 is 12.6 Å². The van der Waals surface area contributed by atoms with Crippen LogP contribution in [0.2, 0.25) is 0 Å². The zero-order valence-corrected chi connectivity index (χ0v) is 17.5. The van der Waals surface area contributed by atoms with Crippen molar-refractivity contribution in [1.82, 2.24) is 0 Å². The Labute approximate surface area is 188 Å². The number of anilines is 2. The molecule has 170 valence electrons. The third-order valence-electron chi connectivity index (χ3n) is 4.54. The van der Waals surface area contributed by atoms with Crippen LogP contribution in [-0.4, -0.2) is 38.0 Å². The highest BCUT2D eigenvalue weighted by molar-refractivity contribution is 6.12. The molecular weight excluding hydrogens is 434 g/mol. The van der Waals surface area contributed by atoms with E-state index in [1.165, 1.54) is 41.3 Å². The smallest absolute Gasteiger partial charge is 0.387 e. The number of hydrogen-bond acceptors (Lipinski definition) is 5. The maximum atomic E-state index is 12.9. The molecule has 0 aliphatic heterocycles. The van der Waals surface area contributed by atoms with E-state index in [1.807, 2.05) is 6.07 Å². The molecule has 7 nitrogen and oxygen atoms in total. The van der Waals surface area contributed by atoms with Gasteiger partial charge < -0.3 is 19.7 Å². The van der Waals surface area contributed by atoms with E-state index >= 15 is 0 Å². The van der Waals surface area contributed by atoms with Crippen molar-refractivity contribution in [1.29, 1.82) is 0 Å². The Bertz CT molecular complexity index is 1140. The number of alkyl halides is 2. The zero-order valence-electron chi connectivity index (χ0n) is 17.5. The lowest BCUT2D eigenvalue weighted by Gasteiger charge is -2.18. The van der Waals surface area contributed by atoms with Gasteiger partial charge in [-0.05, 0) is 36.4 Å². The van der Waals surface area contributed by atoms with Gasteiger partial charge in [-0.2, -0.15) is 8.78 Å². The van der Waals surface area contributed by atoms with Gasteiger partial charge in [-0.25, -0.2) is 4.79 Å². The summed E-state index contributed by atoms with van der Waals surface area (Å²) in [5.74, 6) is -2.31. The topological polar surface area (TPSA) is 84.9 Å². The lowest BCUT2D eigenvalue weighted by atomic mass is 10.1. The molecule has 0 radical (unpaired) electrons. The van der Waals surface area contributed by atoms with Crippen molar-refractivity contribution in [3.8, 4) is 5.75 Å². The average molecular weight is 454 g/mol. The summed E-state index contributed by atoms with van der Waals surface area (Å²) in [6.45, 7) is -3.76. The van der Waals surface area contributed by atoms with Gasteiger partial charge in [0.1, 0.15) is 5.75 Å². The van der Waals surface area contributed by atoms with E-state index in [9.17, 15) is 23.2 Å². The average Bonchev–Trinajstić information content (AvgIpc) is 2.83. The Balaban J connectivity index is 1.67. The Hall–Kier alpha value is -4.27. The Morgan fingerprint density at radius 2 is 1.48 bits per heavy atom. The molecule has 0 spiro atoms. The molecule has 3 rings (SSSR count). The fourth-order valence-corrected chi connectivity index (χ4v) is 2.96. The lowest BCUT2D eigenvalue weighted by Crippen LogP contribution is -2.28. The van der Waals surface area contributed by atoms with Gasteiger partial charge in [0.05, 0.1) is 16.8 Å². The first-order valence-corrected chi connectivity index (χ1v) is 9.79. The highest BCUT2D eigenvalue weighted by Gasteiger charge is 2.22. The highest BCUT2D eigenvalue weighted by Crippen LogP contribution is 2.25. The minimum absolute atomic E-state index is 0.00101. The van der Waals surface area contributed by atoms with Crippen molar-refractivity contribution in [3.05, 3.63) is 90.0 Å². The van der Waals surface area contributed by atoms with Crippen LogP contribution in [0.15, 0.2) is 78.9 Å². The Morgan fingerprint density at radius 1 is 0.879 bits per heavy atom. The van der Waals surface area contributed by atoms with E-state index in [-0.39, 0.29) is 22.6 Å². The van der Waals surface area contributed by atoms with Gasteiger partial charge in [-0.1, -0.05) is 42.5 Å². The van der Waals surface area contributed by atoms with Crippen molar-refractivity contribution in [2.24, 2.45) is 0 Å². The van der Waals surface area contributed by atoms with Crippen molar-refractivity contribution >= 4 is 29.2 Å². The summed E-state index contributed by atoms with van der Waals surface area (Å²) in [4.78, 5) is 39.1. The summed E-state index contributed by atoms with van der Waals surface area (Å²) >= 11 is 0. The van der Waals surface area contributed by atoms with Gasteiger partial charge in [0.25, 0.3) is 11.8 Å². The van der Waals surface area contributed by atoms with E-state index in [2.05, 4.69) is 10.1 Å². The molecule has 3 aromatic rings. The van der Waals surface area contributed by atoms with Crippen molar-refractivity contribution in [2.75, 3.05) is 23.9 Å². The molecule has 3 aromatic carbocycles. The number of para-hydroxylation sites is 3. The second kappa shape index (κ2) is 10.9. The van der Waals surface area contributed by atoms with Crippen LogP contribution in [0.4, 0.5) is 20.2 Å². The number of rotatable bonds is 8. The lowest BCUT2D eigenvalue weighted by molar-refractivity contribution is -0.119. The van der Waals surface area contributed by atoms with Gasteiger partial charge in [0, 0.05) is 12.7 Å². The van der Waals surface area contributed by atoms with Gasteiger partial charge in [-0.15, -0.1) is 0 Å². The number of nitrogens with one attached hydrogen (secondary N) is 1. The third kappa shape index (κ3) is 6.13. The molecular formula is C24H20F2N2O5. The molecule has 0 heterocycles. The van der Waals surface area contributed by atoms with Crippen molar-refractivity contribution in [2.45, 2.75) is 6.61 Å². The molecule has 0 fully saturated rings. The van der Waals surface area contributed by atoms with E-state index in [4.69, 9.17) is 4.74 Å². The first-order valence-electron chi connectivity index (χ1n) is 9.79. The SMILES string of the molecule is CN(C(=O)c1ccccc1C(=O)OCC(=O)Nc1ccccc1OC(F)F)c1ccccc1. The maximum Gasteiger partial charge on any atom is 0.387 e. The van der Waals surface area contributed by atoms with Crippen LogP contribution in [-0.2, 0) is 9.53 Å². The number of hydrogen-bond donors (Lipinski definition) is 1. The standard InChI is InChI=1S/C24H20F2N2O5/c1-28(16-9-3-2-4-10-16)22(30)17-11-5-6-12-18(17)23(31)32-15-21(29)27-19-13-7-8-14-20(19)33-24(25)26/h2-14,24H,15H2,1H3,(H,27,29). The first-order chi connectivity index (χ1) is 15.9. The Morgan fingerprint density at radius 3 is 2.18 bits per heavy atom. The molecule has 0 saturated heterocycles. The number of halogens is 2. The molecule has 33 heavy (non-hydrogen) atoms. The number of nitrogens with zero attached hydrogens (tertiary/aromatic N) is 1. The van der Waals surface area contributed by atoms with Crippen LogP contribution in [0, 0.1) is 0 Å². The van der Waals surface area contributed by atoms with Gasteiger partial charge in [-0.3, -0.25) is 9.59 Å². The number of carbonyl (C=O) groups excluding carboxylic acids is 3. The maximum absolute atomic E-state index is 12.9. The fraction of sp³-hybridized carbons (Fsp3) is 0.125. The normalized spacial score (nSPS) is 10.4. The summed E-state index contributed by atoms with van der Waals surface area (Å²) in [6.07, 6.45) is 0. The summed E-state index contributed by atoms with van der Waals surface area (Å²) in [7, 11) is 1.58. The number of ether oxygens (including phenoxy) is 2. The van der Waals surface area contributed by atoms with Crippen LogP contribution in [0.1, 0.15) is 20.7 Å². The number of benzene rings is 3. The van der Waals surface area contributed by atoms with Crippen LogP contribution in [0.25, 0.3) is 0 Å². The fourth-order valence-electron chi connectivity index (χ4n) is 2.96. The number of carbonyl (C=O) groups is 3. The monoisotopic (exact) mass is 454 g/mol. The molecule has 0 bridgehead atoms. The van der Waals surface area contributed by atoms with E-state index in [0.717, 1.165) is 0 Å². The molecule has 0 aliphatic carbocycles. The summed E-state index contributed by atoms with van der Waals surface area (Å²) in [6, 6.07) is 20.6. The van der Waals surface area contributed by atoms with E-state index < -0.39 is 31.0 Å². The summed E-state index contributed by atoms with van der Waals surface area (Å²) in [5, 5.41) is 2.35. The number of esters is 1. The van der Waals surface area contributed by atoms with Crippen LogP contribution in [0.5, 0.6) is 5.75 Å². The summed E-state index contributed by atoms with van der Waals surface area (Å²) in [5.41, 5.74) is 0.720. The Kier molecular flexibility index (Phi) is 7.69. The van der Waals surface area contributed by atoms with E-state index in [1.54, 1.807) is 43.4 Å². The van der Waals surface area contributed by atoms with E-state index in [0.29, 0.717) is 5.69 Å². The third-order valence-corrected chi connectivity index (χ3v) is 4.54. The molecule has 2 amide bonds. The first kappa shape index (κ1) is 23.4.